The molecule has 0 aliphatic heterocycles. The Labute approximate surface area is 182 Å². The van der Waals surface area contributed by atoms with Crippen LogP contribution in [0.25, 0.3) is 33.7 Å². The number of halogens is 1. The second kappa shape index (κ2) is 7.82. The number of aromatic amines is 1. The van der Waals surface area contributed by atoms with Crippen LogP contribution in [0.2, 0.25) is 5.02 Å². The molecule has 0 spiro atoms. The lowest BCUT2D eigenvalue weighted by molar-refractivity contribution is 0.579. The highest BCUT2D eigenvalue weighted by atomic mass is 35.5. The number of aromatic nitrogens is 4. The molecule has 31 heavy (non-hydrogen) atoms. The van der Waals surface area contributed by atoms with Crippen LogP contribution in [0, 0.1) is 18.3 Å². The van der Waals surface area contributed by atoms with Crippen molar-refractivity contribution in [3.63, 3.8) is 0 Å². The van der Waals surface area contributed by atoms with Crippen LogP contribution in [-0.2, 0) is 0 Å². The third-order valence-corrected chi connectivity index (χ3v) is 5.37. The van der Waals surface area contributed by atoms with Crippen molar-refractivity contribution in [1.82, 2.24) is 19.5 Å². The van der Waals surface area contributed by atoms with E-state index in [1.54, 1.807) is 35.0 Å². The molecule has 7 nitrogen and oxygen atoms in total. The van der Waals surface area contributed by atoms with Crippen LogP contribution in [0.4, 0.5) is 0 Å². The molecule has 0 bridgehead atoms. The topological polar surface area (TPSA) is 104 Å². The standard InChI is InChI=1S/C23H18ClN5O2/c1-12(2)29-11-15(9-17(24)23(29)31)20-21(16-6-4-5-14(10-25)13(16)3)28-22-18(26-20)7-8-19(30)27-22/h4-9,11-12H,1-3H3,(H,27,28,30). The van der Waals surface area contributed by atoms with E-state index in [1.165, 1.54) is 6.07 Å². The number of pyridine rings is 2. The van der Waals surface area contributed by atoms with Crippen LogP contribution in [0.1, 0.15) is 31.0 Å². The molecule has 0 amide bonds. The molecule has 3 heterocycles. The Balaban J connectivity index is 2.12. The molecule has 0 saturated heterocycles. The number of hydrogen-bond acceptors (Lipinski definition) is 5. The van der Waals surface area contributed by atoms with Crippen molar-refractivity contribution in [2.24, 2.45) is 0 Å². The maximum Gasteiger partial charge on any atom is 0.269 e. The fourth-order valence-corrected chi connectivity index (χ4v) is 3.67. The van der Waals surface area contributed by atoms with Crippen molar-refractivity contribution >= 4 is 22.8 Å². The smallest absolute Gasteiger partial charge is 0.269 e. The predicted octanol–water partition coefficient (Wildman–Crippen LogP) is 4.23. The highest BCUT2D eigenvalue weighted by Gasteiger charge is 2.19. The third-order valence-electron chi connectivity index (χ3n) is 5.10. The van der Waals surface area contributed by atoms with Gasteiger partial charge in [-0.3, -0.25) is 9.59 Å². The van der Waals surface area contributed by atoms with Gasteiger partial charge in [-0.2, -0.15) is 5.26 Å². The van der Waals surface area contributed by atoms with Crippen LogP contribution in [-0.4, -0.2) is 19.5 Å². The molecule has 0 atom stereocenters. The van der Waals surface area contributed by atoms with Gasteiger partial charge in [0.15, 0.2) is 5.65 Å². The number of rotatable bonds is 3. The lowest BCUT2D eigenvalue weighted by Crippen LogP contribution is -2.22. The largest absolute Gasteiger partial charge is 0.311 e. The summed E-state index contributed by atoms with van der Waals surface area (Å²) in [6.45, 7) is 5.61. The number of fused-ring (bicyclic) bond motifs is 1. The summed E-state index contributed by atoms with van der Waals surface area (Å²) in [7, 11) is 0. The number of H-pyrrole nitrogens is 1. The molecule has 0 fully saturated rings. The lowest BCUT2D eigenvalue weighted by Gasteiger charge is -2.16. The SMILES string of the molecule is Cc1c(C#N)cccc1-c1nc2[nH]c(=O)ccc2nc1-c1cc(Cl)c(=O)n(C(C)C)c1. The lowest BCUT2D eigenvalue weighted by atomic mass is 9.97. The van der Waals surface area contributed by atoms with Gasteiger partial charge in [0.05, 0.1) is 23.0 Å². The van der Waals surface area contributed by atoms with Crippen molar-refractivity contribution in [3.05, 3.63) is 79.5 Å². The molecular weight excluding hydrogens is 414 g/mol. The number of nitrogens with one attached hydrogen (secondary N) is 1. The van der Waals surface area contributed by atoms with Crippen LogP contribution in [0.3, 0.4) is 0 Å². The van der Waals surface area contributed by atoms with Gasteiger partial charge >= 0.3 is 0 Å². The van der Waals surface area contributed by atoms with Crippen molar-refractivity contribution in [1.29, 1.82) is 5.26 Å². The zero-order chi connectivity index (χ0) is 22.3. The van der Waals surface area contributed by atoms with E-state index in [1.807, 2.05) is 26.8 Å². The molecule has 1 N–H and O–H groups in total. The summed E-state index contributed by atoms with van der Waals surface area (Å²) in [6.07, 6.45) is 1.70. The van der Waals surface area contributed by atoms with E-state index in [-0.39, 0.29) is 22.2 Å². The van der Waals surface area contributed by atoms with Crippen molar-refractivity contribution in [3.8, 4) is 28.6 Å². The Morgan fingerprint density at radius 3 is 2.61 bits per heavy atom. The third kappa shape index (κ3) is 3.62. The molecular formula is C23H18ClN5O2. The highest BCUT2D eigenvalue weighted by molar-refractivity contribution is 6.30. The Kier molecular flexibility index (Phi) is 5.17. The van der Waals surface area contributed by atoms with Gasteiger partial charge in [0.1, 0.15) is 10.5 Å². The summed E-state index contributed by atoms with van der Waals surface area (Å²) >= 11 is 6.26. The molecule has 0 saturated carbocycles. The molecule has 0 radical (unpaired) electrons. The first-order valence-corrected chi connectivity index (χ1v) is 10.0. The second-order valence-corrected chi connectivity index (χ2v) is 7.86. The van der Waals surface area contributed by atoms with Gasteiger partial charge in [0.2, 0.25) is 5.56 Å². The maximum absolute atomic E-state index is 12.5. The first-order valence-electron chi connectivity index (χ1n) is 9.63. The maximum atomic E-state index is 12.5. The van der Waals surface area contributed by atoms with Crippen molar-refractivity contribution in [2.75, 3.05) is 0 Å². The van der Waals surface area contributed by atoms with E-state index >= 15 is 0 Å². The van der Waals surface area contributed by atoms with Gasteiger partial charge < -0.3 is 9.55 Å². The van der Waals surface area contributed by atoms with Crippen LogP contribution in [0.5, 0.6) is 0 Å². The Morgan fingerprint density at radius 1 is 1.13 bits per heavy atom. The van der Waals surface area contributed by atoms with E-state index in [4.69, 9.17) is 16.6 Å². The average molecular weight is 432 g/mol. The molecule has 3 aromatic heterocycles. The number of nitriles is 1. The quantitative estimate of drug-likeness (QED) is 0.522. The Morgan fingerprint density at radius 2 is 1.90 bits per heavy atom. The number of hydrogen-bond donors (Lipinski definition) is 1. The number of benzene rings is 1. The van der Waals surface area contributed by atoms with E-state index < -0.39 is 0 Å². The summed E-state index contributed by atoms with van der Waals surface area (Å²) in [6, 6.07) is 11.9. The normalized spacial score (nSPS) is 11.1. The molecule has 8 heteroatoms. The molecule has 4 aromatic rings. The molecule has 0 aliphatic carbocycles. The zero-order valence-electron chi connectivity index (χ0n) is 17.1. The van der Waals surface area contributed by atoms with Gasteiger partial charge in [0.25, 0.3) is 5.56 Å². The van der Waals surface area contributed by atoms with E-state index in [0.717, 1.165) is 5.56 Å². The minimum Gasteiger partial charge on any atom is -0.311 e. The van der Waals surface area contributed by atoms with Gasteiger partial charge in [-0.05, 0) is 44.5 Å². The van der Waals surface area contributed by atoms with Crippen molar-refractivity contribution in [2.45, 2.75) is 26.8 Å². The van der Waals surface area contributed by atoms with E-state index in [9.17, 15) is 14.9 Å². The van der Waals surface area contributed by atoms with Crippen LogP contribution >= 0.6 is 11.6 Å². The molecule has 0 aliphatic rings. The molecule has 4 rings (SSSR count). The first-order chi connectivity index (χ1) is 14.8. The Bertz CT molecular complexity index is 1500. The predicted molar refractivity (Wildman–Crippen MR) is 120 cm³/mol. The second-order valence-electron chi connectivity index (χ2n) is 7.45. The van der Waals surface area contributed by atoms with E-state index in [2.05, 4.69) is 16.0 Å². The zero-order valence-corrected chi connectivity index (χ0v) is 17.9. The summed E-state index contributed by atoms with van der Waals surface area (Å²) in [4.78, 5) is 36.4. The minimum absolute atomic E-state index is 0.0722. The Hall–Kier alpha value is -3.76. The average Bonchev–Trinajstić information content (AvgIpc) is 2.74. The van der Waals surface area contributed by atoms with Gasteiger partial charge in [-0.1, -0.05) is 23.7 Å². The fourth-order valence-electron chi connectivity index (χ4n) is 3.45. The number of nitrogens with zero attached hydrogens (tertiary/aromatic N) is 4. The summed E-state index contributed by atoms with van der Waals surface area (Å²) in [5, 5.41) is 9.53. The van der Waals surface area contributed by atoms with Crippen molar-refractivity contribution < 1.29 is 0 Å². The molecule has 154 valence electrons. The minimum atomic E-state index is -0.292. The summed E-state index contributed by atoms with van der Waals surface area (Å²) in [5.74, 6) is 0. The fraction of sp³-hybridized carbons (Fsp3) is 0.174. The van der Waals surface area contributed by atoms with Gasteiger partial charge in [-0.15, -0.1) is 0 Å². The molecule has 0 unspecified atom stereocenters. The van der Waals surface area contributed by atoms with Crippen LogP contribution in [0.15, 0.2) is 52.2 Å². The highest BCUT2D eigenvalue weighted by Crippen LogP contribution is 2.33. The first kappa shape index (κ1) is 20.5. The van der Waals surface area contributed by atoms with Crippen LogP contribution < -0.4 is 11.1 Å². The monoisotopic (exact) mass is 431 g/mol. The van der Waals surface area contributed by atoms with E-state index in [0.29, 0.717) is 39.2 Å². The summed E-state index contributed by atoms with van der Waals surface area (Å²) < 4.78 is 1.54. The van der Waals surface area contributed by atoms with Gasteiger partial charge in [-0.25, -0.2) is 9.97 Å². The molecule has 1 aromatic carbocycles. The van der Waals surface area contributed by atoms with Gasteiger partial charge in [0, 0.05) is 29.4 Å². The summed E-state index contributed by atoms with van der Waals surface area (Å²) in [5.41, 5.74) is 3.77.